The van der Waals surface area contributed by atoms with Gasteiger partial charge in [-0.2, -0.15) is 0 Å². The second-order valence-electron chi connectivity index (χ2n) is 6.46. The summed E-state index contributed by atoms with van der Waals surface area (Å²) in [5.41, 5.74) is 0.282. The number of nitrogens with zero attached hydrogens (tertiary/aromatic N) is 2. The maximum absolute atomic E-state index is 12.9. The third kappa shape index (κ3) is 3.19. The zero-order valence-corrected chi connectivity index (χ0v) is 13.6. The van der Waals surface area contributed by atoms with Crippen molar-refractivity contribution >= 4 is 5.91 Å². The van der Waals surface area contributed by atoms with E-state index in [1.807, 2.05) is 11.8 Å². The molecule has 23 heavy (non-hydrogen) atoms. The first-order valence-electron chi connectivity index (χ1n) is 8.42. The zero-order chi connectivity index (χ0) is 16.3. The fourth-order valence-electron chi connectivity index (χ4n) is 3.73. The number of likely N-dealkylation sites (tertiary alicyclic amines) is 1. The van der Waals surface area contributed by atoms with Gasteiger partial charge < -0.3 is 20.1 Å². The standard InChI is InChI=1S/C17H25N3O3/c1-2-23-15-13(5-3-8-19-15)16(22)20-10-4-7-17(12-20)11-18-9-6-14(17)21/h3,5,8,14,18,21H,2,4,6-7,9-12H2,1H3/t14-,17-/m0/s1. The normalized spacial score (nSPS) is 27.9. The molecule has 2 N–H and O–H groups in total. The van der Waals surface area contributed by atoms with E-state index in [0.29, 0.717) is 31.1 Å². The molecule has 1 aromatic rings. The van der Waals surface area contributed by atoms with Crippen molar-refractivity contribution in [3.05, 3.63) is 23.9 Å². The van der Waals surface area contributed by atoms with Crippen molar-refractivity contribution in [3.63, 3.8) is 0 Å². The van der Waals surface area contributed by atoms with Gasteiger partial charge in [-0.3, -0.25) is 4.79 Å². The smallest absolute Gasteiger partial charge is 0.259 e. The predicted octanol–water partition coefficient (Wildman–Crippen LogP) is 1.06. The maximum atomic E-state index is 12.9. The Kier molecular flexibility index (Phi) is 4.82. The number of aromatic nitrogens is 1. The predicted molar refractivity (Wildman–Crippen MR) is 86.5 cm³/mol. The summed E-state index contributed by atoms with van der Waals surface area (Å²) in [5, 5.41) is 13.9. The van der Waals surface area contributed by atoms with Crippen molar-refractivity contribution < 1.29 is 14.6 Å². The average molecular weight is 319 g/mol. The number of rotatable bonds is 3. The number of amides is 1. The lowest BCUT2D eigenvalue weighted by molar-refractivity contribution is -0.0433. The molecule has 3 rings (SSSR count). The van der Waals surface area contributed by atoms with Crippen LogP contribution in [0.25, 0.3) is 0 Å². The molecule has 1 spiro atoms. The molecule has 2 fully saturated rings. The molecule has 0 saturated carbocycles. The van der Waals surface area contributed by atoms with E-state index in [9.17, 15) is 9.90 Å². The summed E-state index contributed by atoms with van der Waals surface area (Å²) in [5.74, 6) is 0.334. The van der Waals surface area contributed by atoms with E-state index in [4.69, 9.17) is 4.74 Å². The van der Waals surface area contributed by atoms with Crippen LogP contribution in [0, 0.1) is 5.41 Å². The monoisotopic (exact) mass is 319 g/mol. The molecule has 1 aromatic heterocycles. The molecule has 0 unspecified atom stereocenters. The minimum absolute atomic E-state index is 0.0570. The van der Waals surface area contributed by atoms with Gasteiger partial charge in [0.25, 0.3) is 5.91 Å². The number of aliphatic hydroxyl groups is 1. The molecule has 0 bridgehead atoms. The molecule has 6 heteroatoms. The molecule has 1 amide bonds. The second-order valence-corrected chi connectivity index (χ2v) is 6.46. The lowest BCUT2D eigenvalue weighted by atomic mass is 9.72. The molecule has 0 aliphatic carbocycles. The van der Waals surface area contributed by atoms with E-state index >= 15 is 0 Å². The van der Waals surface area contributed by atoms with Gasteiger partial charge >= 0.3 is 0 Å². The van der Waals surface area contributed by atoms with Crippen LogP contribution in [0.4, 0.5) is 0 Å². The Morgan fingerprint density at radius 2 is 2.48 bits per heavy atom. The molecule has 2 aliphatic heterocycles. The minimum Gasteiger partial charge on any atom is -0.477 e. The molecule has 0 aromatic carbocycles. The molecule has 2 atom stereocenters. The Morgan fingerprint density at radius 3 is 3.26 bits per heavy atom. The van der Waals surface area contributed by atoms with Crippen LogP contribution in [0.3, 0.4) is 0 Å². The Bertz CT molecular complexity index is 562. The summed E-state index contributed by atoms with van der Waals surface area (Å²) in [6.07, 6.45) is 3.90. The number of hydrogen-bond donors (Lipinski definition) is 2. The largest absolute Gasteiger partial charge is 0.477 e. The number of aliphatic hydroxyl groups excluding tert-OH is 1. The van der Waals surface area contributed by atoms with E-state index in [2.05, 4.69) is 10.3 Å². The third-order valence-electron chi connectivity index (χ3n) is 4.96. The van der Waals surface area contributed by atoms with Gasteiger partial charge in [0.15, 0.2) is 0 Å². The van der Waals surface area contributed by atoms with Crippen LogP contribution in [-0.2, 0) is 0 Å². The van der Waals surface area contributed by atoms with E-state index < -0.39 is 0 Å². The Labute approximate surface area is 136 Å². The maximum Gasteiger partial charge on any atom is 0.259 e. The molecule has 3 heterocycles. The number of carbonyl (C=O) groups excluding carboxylic acids is 1. The summed E-state index contributed by atoms with van der Waals surface area (Å²) >= 11 is 0. The topological polar surface area (TPSA) is 74.7 Å². The molecular formula is C17H25N3O3. The van der Waals surface area contributed by atoms with Gasteiger partial charge in [-0.15, -0.1) is 0 Å². The second kappa shape index (κ2) is 6.84. The SMILES string of the molecule is CCOc1ncccc1C(=O)N1CCC[C@]2(CNCC[C@@H]2O)C1. The van der Waals surface area contributed by atoms with Gasteiger partial charge in [-0.25, -0.2) is 4.98 Å². The highest BCUT2D eigenvalue weighted by Crippen LogP contribution is 2.37. The number of pyridine rings is 1. The van der Waals surface area contributed by atoms with Crippen LogP contribution in [0.1, 0.15) is 36.5 Å². The van der Waals surface area contributed by atoms with Crippen molar-refractivity contribution in [1.29, 1.82) is 0 Å². The van der Waals surface area contributed by atoms with Crippen LogP contribution in [0.5, 0.6) is 5.88 Å². The number of nitrogens with one attached hydrogen (secondary N) is 1. The molecule has 0 radical (unpaired) electrons. The van der Waals surface area contributed by atoms with Crippen LogP contribution >= 0.6 is 0 Å². The van der Waals surface area contributed by atoms with Gasteiger partial charge in [0.2, 0.25) is 5.88 Å². The fourth-order valence-corrected chi connectivity index (χ4v) is 3.73. The third-order valence-corrected chi connectivity index (χ3v) is 4.96. The van der Waals surface area contributed by atoms with Crippen molar-refractivity contribution in [2.75, 3.05) is 32.8 Å². The van der Waals surface area contributed by atoms with Gasteiger partial charge in [-0.05, 0) is 44.9 Å². The van der Waals surface area contributed by atoms with Crippen LogP contribution in [0.2, 0.25) is 0 Å². The molecular weight excluding hydrogens is 294 g/mol. The van der Waals surface area contributed by atoms with Crippen molar-refractivity contribution in [2.45, 2.75) is 32.3 Å². The van der Waals surface area contributed by atoms with Crippen molar-refractivity contribution in [1.82, 2.24) is 15.2 Å². The lowest BCUT2D eigenvalue weighted by Crippen LogP contribution is -2.58. The number of ether oxygens (including phenoxy) is 1. The summed E-state index contributed by atoms with van der Waals surface area (Å²) in [4.78, 5) is 19.0. The van der Waals surface area contributed by atoms with Gasteiger partial charge in [0.05, 0.1) is 12.7 Å². The van der Waals surface area contributed by atoms with Crippen LogP contribution < -0.4 is 10.1 Å². The summed E-state index contributed by atoms with van der Waals surface area (Å²) in [6.45, 7) is 5.26. The summed E-state index contributed by atoms with van der Waals surface area (Å²) in [6, 6.07) is 3.52. The number of carbonyl (C=O) groups is 1. The van der Waals surface area contributed by atoms with Crippen molar-refractivity contribution in [3.8, 4) is 5.88 Å². The minimum atomic E-state index is -0.348. The van der Waals surface area contributed by atoms with Crippen molar-refractivity contribution in [2.24, 2.45) is 5.41 Å². The zero-order valence-electron chi connectivity index (χ0n) is 13.6. The average Bonchev–Trinajstić information content (AvgIpc) is 2.58. The van der Waals surface area contributed by atoms with Crippen LogP contribution in [0.15, 0.2) is 18.3 Å². The molecule has 2 saturated heterocycles. The Hall–Kier alpha value is -1.66. The molecule has 2 aliphatic rings. The van der Waals surface area contributed by atoms with Gasteiger partial charge in [0.1, 0.15) is 5.56 Å². The van der Waals surface area contributed by atoms with Gasteiger partial charge in [0, 0.05) is 31.2 Å². The van der Waals surface area contributed by atoms with E-state index in [1.54, 1.807) is 18.3 Å². The summed E-state index contributed by atoms with van der Waals surface area (Å²) < 4.78 is 5.49. The number of piperidine rings is 2. The molecule has 126 valence electrons. The van der Waals surface area contributed by atoms with Crippen LogP contribution in [-0.4, -0.2) is 59.8 Å². The highest BCUT2D eigenvalue weighted by Gasteiger charge is 2.44. The Morgan fingerprint density at radius 1 is 1.61 bits per heavy atom. The lowest BCUT2D eigenvalue weighted by Gasteiger charge is -2.48. The quantitative estimate of drug-likeness (QED) is 0.871. The first kappa shape index (κ1) is 16.2. The fraction of sp³-hybridized carbons (Fsp3) is 0.647. The van der Waals surface area contributed by atoms with E-state index in [1.165, 1.54) is 0 Å². The highest BCUT2D eigenvalue weighted by atomic mass is 16.5. The Balaban J connectivity index is 1.80. The van der Waals surface area contributed by atoms with E-state index in [-0.39, 0.29) is 17.4 Å². The first-order valence-corrected chi connectivity index (χ1v) is 8.42. The highest BCUT2D eigenvalue weighted by molar-refractivity contribution is 5.96. The van der Waals surface area contributed by atoms with E-state index in [0.717, 1.165) is 32.4 Å². The number of hydrogen-bond acceptors (Lipinski definition) is 5. The molecule has 6 nitrogen and oxygen atoms in total. The van der Waals surface area contributed by atoms with Gasteiger partial charge in [-0.1, -0.05) is 0 Å². The summed E-state index contributed by atoms with van der Waals surface area (Å²) in [7, 11) is 0. The first-order chi connectivity index (χ1) is 11.2.